The highest BCUT2D eigenvalue weighted by atomic mass is 16.7. The minimum Gasteiger partial charge on any atom is -0.374 e. The highest BCUT2D eigenvalue weighted by Crippen LogP contribution is 2.34. The minimum atomic E-state index is -0.613. The van der Waals surface area contributed by atoms with Gasteiger partial charge in [0.05, 0.1) is 32.5 Å². The molecule has 0 aromatic heterocycles. The van der Waals surface area contributed by atoms with E-state index in [0.29, 0.717) is 26.4 Å². The molecule has 1 aliphatic rings. The number of aldehydes is 1. The zero-order chi connectivity index (χ0) is 25.0. The topological polar surface area (TPSA) is 63.2 Å². The summed E-state index contributed by atoms with van der Waals surface area (Å²) in [5.74, 6) is -0.317. The van der Waals surface area contributed by atoms with Gasteiger partial charge in [0.15, 0.2) is 6.29 Å². The molecule has 5 atom stereocenters. The molecule has 3 aromatic carbocycles. The van der Waals surface area contributed by atoms with Crippen LogP contribution in [0.1, 0.15) is 23.1 Å². The van der Waals surface area contributed by atoms with E-state index in [2.05, 4.69) is 0 Å². The standard InChI is InChI=1S/C30H34O6/c1-32-30-26(17-18-31)28(34-20-24-13-7-3-8-14-24)29(35-21-25-15-9-4-10-16-25)27(36-30)22-33-19-23-11-5-2-6-12-23/h2-16,18,26-30H,17,19-22H2,1H3/t26-,27-,28-,29-,30-/m1/s1. The van der Waals surface area contributed by atoms with Gasteiger partial charge in [0, 0.05) is 19.4 Å². The molecule has 0 aliphatic carbocycles. The third-order valence-corrected chi connectivity index (χ3v) is 6.34. The second kappa shape index (κ2) is 14.0. The van der Waals surface area contributed by atoms with Crippen LogP contribution >= 0.6 is 0 Å². The number of methoxy groups -OCH3 is 1. The molecule has 0 saturated carbocycles. The van der Waals surface area contributed by atoms with Gasteiger partial charge < -0.3 is 28.5 Å². The van der Waals surface area contributed by atoms with Crippen molar-refractivity contribution in [2.45, 2.75) is 50.8 Å². The third kappa shape index (κ3) is 7.32. The van der Waals surface area contributed by atoms with E-state index < -0.39 is 24.6 Å². The Bertz CT molecular complexity index is 1010. The molecule has 4 rings (SSSR count). The maximum absolute atomic E-state index is 11.6. The molecule has 1 heterocycles. The van der Waals surface area contributed by atoms with E-state index in [1.54, 1.807) is 7.11 Å². The number of carbonyl (C=O) groups is 1. The number of carbonyl (C=O) groups excluding carboxylic acids is 1. The summed E-state index contributed by atoms with van der Waals surface area (Å²) >= 11 is 0. The molecule has 1 aliphatic heterocycles. The maximum atomic E-state index is 11.6. The van der Waals surface area contributed by atoms with Crippen LogP contribution in [0.3, 0.4) is 0 Å². The summed E-state index contributed by atoms with van der Waals surface area (Å²) in [5.41, 5.74) is 3.17. The summed E-state index contributed by atoms with van der Waals surface area (Å²) in [6, 6.07) is 29.9. The molecule has 0 radical (unpaired) electrons. The molecule has 1 fully saturated rings. The van der Waals surface area contributed by atoms with Crippen molar-refractivity contribution in [3.63, 3.8) is 0 Å². The predicted molar refractivity (Wildman–Crippen MR) is 136 cm³/mol. The van der Waals surface area contributed by atoms with E-state index >= 15 is 0 Å². The van der Waals surface area contributed by atoms with Crippen LogP contribution in [0.25, 0.3) is 0 Å². The number of rotatable bonds is 13. The summed E-state index contributed by atoms with van der Waals surface area (Å²) in [6.07, 6.45) is -0.812. The number of benzene rings is 3. The zero-order valence-electron chi connectivity index (χ0n) is 20.6. The van der Waals surface area contributed by atoms with Crippen molar-refractivity contribution in [2.75, 3.05) is 13.7 Å². The highest BCUT2D eigenvalue weighted by molar-refractivity contribution is 5.50. The van der Waals surface area contributed by atoms with Crippen molar-refractivity contribution in [3.8, 4) is 0 Å². The average Bonchev–Trinajstić information content (AvgIpc) is 2.93. The molecule has 1 saturated heterocycles. The number of hydrogen-bond acceptors (Lipinski definition) is 6. The molecular weight excluding hydrogens is 456 g/mol. The zero-order valence-corrected chi connectivity index (χ0v) is 20.6. The summed E-state index contributed by atoms with van der Waals surface area (Å²) in [5, 5.41) is 0. The van der Waals surface area contributed by atoms with Gasteiger partial charge in [-0.2, -0.15) is 0 Å². The second-order valence-corrected chi connectivity index (χ2v) is 8.87. The lowest BCUT2D eigenvalue weighted by atomic mass is 9.88. The van der Waals surface area contributed by atoms with Crippen molar-refractivity contribution < 1.29 is 28.5 Å². The van der Waals surface area contributed by atoms with Gasteiger partial charge in [-0.1, -0.05) is 91.0 Å². The average molecular weight is 491 g/mol. The van der Waals surface area contributed by atoms with Crippen LogP contribution in [0, 0.1) is 5.92 Å². The van der Waals surface area contributed by atoms with E-state index in [4.69, 9.17) is 23.7 Å². The lowest BCUT2D eigenvalue weighted by molar-refractivity contribution is -0.299. The lowest BCUT2D eigenvalue weighted by Gasteiger charge is -2.45. The van der Waals surface area contributed by atoms with Gasteiger partial charge in [-0.25, -0.2) is 0 Å². The number of ether oxygens (including phenoxy) is 5. The van der Waals surface area contributed by atoms with Crippen LogP contribution in [-0.2, 0) is 48.3 Å². The van der Waals surface area contributed by atoms with Crippen molar-refractivity contribution in [3.05, 3.63) is 108 Å². The first kappa shape index (κ1) is 26.2. The van der Waals surface area contributed by atoms with Gasteiger partial charge in [-0.15, -0.1) is 0 Å². The molecule has 3 aromatic rings. The molecule has 190 valence electrons. The van der Waals surface area contributed by atoms with Crippen molar-refractivity contribution in [1.82, 2.24) is 0 Å². The Morgan fingerprint density at radius 2 is 1.22 bits per heavy atom. The Hall–Kier alpha value is -2.87. The molecule has 0 spiro atoms. The minimum absolute atomic E-state index is 0.237. The van der Waals surface area contributed by atoms with Gasteiger partial charge in [0.1, 0.15) is 18.5 Å². The molecular formula is C30H34O6. The lowest BCUT2D eigenvalue weighted by Crippen LogP contribution is -2.58. The van der Waals surface area contributed by atoms with Crippen LogP contribution in [0.4, 0.5) is 0 Å². The molecule has 6 nitrogen and oxygen atoms in total. The smallest absolute Gasteiger partial charge is 0.163 e. The van der Waals surface area contributed by atoms with Crippen LogP contribution in [0.15, 0.2) is 91.0 Å². The Morgan fingerprint density at radius 3 is 1.72 bits per heavy atom. The normalized spacial score (nSPS) is 23.9. The van der Waals surface area contributed by atoms with E-state index in [-0.39, 0.29) is 12.3 Å². The number of hydrogen-bond donors (Lipinski definition) is 0. The summed E-state index contributed by atoms with van der Waals surface area (Å²) in [7, 11) is 1.59. The molecule has 0 amide bonds. The van der Waals surface area contributed by atoms with Crippen LogP contribution in [0.5, 0.6) is 0 Å². The SMILES string of the molecule is CO[C@@H]1O[C@H](COCc2ccccc2)[C@@H](OCc2ccccc2)[C@H](OCc2ccccc2)[C@H]1CC=O. The highest BCUT2D eigenvalue weighted by Gasteiger charge is 2.47. The third-order valence-electron chi connectivity index (χ3n) is 6.34. The molecule has 0 N–H and O–H groups in total. The quantitative estimate of drug-likeness (QED) is 0.316. The summed E-state index contributed by atoms with van der Waals surface area (Å²) < 4.78 is 31.0. The fraction of sp³-hybridized carbons (Fsp3) is 0.367. The summed E-state index contributed by atoms with van der Waals surface area (Å²) in [4.78, 5) is 11.6. The largest absolute Gasteiger partial charge is 0.374 e. The van der Waals surface area contributed by atoms with E-state index in [1.165, 1.54) is 0 Å². The first-order valence-electron chi connectivity index (χ1n) is 12.3. The predicted octanol–water partition coefficient (Wildman–Crippen LogP) is 4.95. The van der Waals surface area contributed by atoms with Gasteiger partial charge in [0.25, 0.3) is 0 Å². The first-order chi connectivity index (χ1) is 17.8. The van der Waals surface area contributed by atoms with E-state index in [1.807, 2.05) is 91.0 Å². The fourth-order valence-electron chi connectivity index (χ4n) is 4.50. The molecule has 0 bridgehead atoms. The van der Waals surface area contributed by atoms with Gasteiger partial charge in [-0.05, 0) is 16.7 Å². The van der Waals surface area contributed by atoms with E-state index in [0.717, 1.165) is 23.0 Å². The van der Waals surface area contributed by atoms with Crippen LogP contribution in [0.2, 0.25) is 0 Å². The Kier molecular flexibility index (Phi) is 10.2. The second-order valence-electron chi connectivity index (χ2n) is 8.87. The summed E-state index contributed by atoms with van der Waals surface area (Å²) in [6.45, 7) is 1.53. The Labute approximate surface area is 213 Å². The molecule has 0 unspecified atom stereocenters. The molecule has 36 heavy (non-hydrogen) atoms. The van der Waals surface area contributed by atoms with E-state index in [9.17, 15) is 4.79 Å². The van der Waals surface area contributed by atoms with Crippen molar-refractivity contribution in [1.29, 1.82) is 0 Å². The van der Waals surface area contributed by atoms with Crippen molar-refractivity contribution >= 4 is 6.29 Å². The van der Waals surface area contributed by atoms with Gasteiger partial charge in [-0.3, -0.25) is 0 Å². The van der Waals surface area contributed by atoms with Gasteiger partial charge >= 0.3 is 0 Å². The van der Waals surface area contributed by atoms with Gasteiger partial charge in [0.2, 0.25) is 0 Å². The maximum Gasteiger partial charge on any atom is 0.163 e. The van der Waals surface area contributed by atoms with Crippen LogP contribution in [-0.4, -0.2) is 44.6 Å². The Morgan fingerprint density at radius 1 is 0.722 bits per heavy atom. The molecule has 6 heteroatoms. The van der Waals surface area contributed by atoms with Crippen molar-refractivity contribution in [2.24, 2.45) is 5.92 Å². The first-order valence-corrected chi connectivity index (χ1v) is 12.3. The van der Waals surface area contributed by atoms with Crippen LogP contribution < -0.4 is 0 Å². The monoisotopic (exact) mass is 490 g/mol. The fourth-order valence-corrected chi connectivity index (χ4v) is 4.50. The Balaban J connectivity index is 1.54.